The van der Waals surface area contributed by atoms with Crippen molar-refractivity contribution in [2.24, 2.45) is 0 Å². The predicted molar refractivity (Wildman–Crippen MR) is 159 cm³/mol. The third-order valence-electron chi connectivity index (χ3n) is 7.68. The van der Waals surface area contributed by atoms with Crippen LogP contribution in [0.1, 0.15) is 34.2 Å². The summed E-state index contributed by atoms with van der Waals surface area (Å²) >= 11 is 0. The highest BCUT2D eigenvalue weighted by molar-refractivity contribution is 5.94. The number of nitrogens with zero attached hydrogens (tertiary/aromatic N) is 5. The predicted octanol–water partition coefficient (Wildman–Crippen LogP) is 4.56. The molecule has 12 heteroatoms. The Balaban J connectivity index is 1.10. The maximum absolute atomic E-state index is 12.8. The number of aromatic amines is 1. The van der Waals surface area contributed by atoms with Crippen molar-refractivity contribution in [1.82, 2.24) is 30.1 Å². The first-order chi connectivity index (χ1) is 20.7. The van der Waals surface area contributed by atoms with Gasteiger partial charge in [0.05, 0.1) is 23.7 Å². The molecule has 0 saturated carbocycles. The third kappa shape index (κ3) is 7.82. The molecule has 1 aliphatic rings. The van der Waals surface area contributed by atoms with Crippen molar-refractivity contribution in [2.45, 2.75) is 26.2 Å². The summed E-state index contributed by atoms with van der Waals surface area (Å²) in [6.45, 7) is 8.55. The average molecular weight is 596 g/mol. The Labute approximate surface area is 248 Å². The highest BCUT2D eigenvalue weighted by atomic mass is 19.4. The molecule has 0 aliphatic carbocycles. The number of halogens is 3. The van der Waals surface area contributed by atoms with Crippen LogP contribution in [0.3, 0.4) is 0 Å². The van der Waals surface area contributed by atoms with Gasteiger partial charge in [0.2, 0.25) is 5.88 Å². The fourth-order valence-corrected chi connectivity index (χ4v) is 5.17. The number of pyridine rings is 1. The van der Waals surface area contributed by atoms with Gasteiger partial charge in [-0.3, -0.25) is 14.6 Å². The minimum atomic E-state index is -4.35. The van der Waals surface area contributed by atoms with Gasteiger partial charge in [-0.25, -0.2) is 9.97 Å². The summed E-state index contributed by atoms with van der Waals surface area (Å²) < 4.78 is 43.6. The van der Waals surface area contributed by atoms with Crippen molar-refractivity contribution in [1.29, 1.82) is 0 Å². The molecule has 1 amide bonds. The molecule has 228 valence electrons. The molecule has 1 saturated heterocycles. The molecule has 0 radical (unpaired) electrons. The normalized spacial score (nSPS) is 14.4. The molecule has 2 N–H and O–H groups in total. The lowest BCUT2D eigenvalue weighted by Gasteiger charge is -2.36. The van der Waals surface area contributed by atoms with Crippen molar-refractivity contribution < 1.29 is 22.7 Å². The minimum absolute atomic E-state index is 0.246. The Morgan fingerprint density at radius 1 is 1.05 bits per heavy atom. The summed E-state index contributed by atoms with van der Waals surface area (Å²) in [6.07, 6.45) is -2.49. The topological polar surface area (TPSA) is 89.6 Å². The van der Waals surface area contributed by atoms with Gasteiger partial charge in [0, 0.05) is 70.3 Å². The SMILES string of the molecule is CCN(CCNC(=O)c1nc2ccc(N3CCN(Cc4ccc(OC)nc4)CC3)cc2[nH]1)Cc1ccc(C(F)(F)F)cc1. The van der Waals surface area contributed by atoms with E-state index in [4.69, 9.17) is 4.74 Å². The van der Waals surface area contributed by atoms with E-state index in [1.165, 1.54) is 12.1 Å². The Kier molecular flexibility index (Phi) is 9.46. The zero-order valence-corrected chi connectivity index (χ0v) is 24.3. The molecular weight excluding hydrogens is 559 g/mol. The number of piperazine rings is 1. The van der Waals surface area contributed by atoms with E-state index in [1.54, 1.807) is 7.11 Å². The lowest BCUT2D eigenvalue weighted by Crippen LogP contribution is -2.45. The molecule has 0 atom stereocenters. The lowest BCUT2D eigenvalue weighted by molar-refractivity contribution is -0.137. The van der Waals surface area contributed by atoms with Crippen LogP contribution in [-0.4, -0.2) is 83.6 Å². The summed E-state index contributed by atoms with van der Waals surface area (Å²) in [5.41, 5.74) is 3.87. The lowest BCUT2D eigenvalue weighted by atomic mass is 10.1. The van der Waals surface area contributed by atoms with Gasteiger partial charge in [0.1, 0.15) is 0 Å². The van der Waals surface area contributed by atoms with Gasteiger partial charge in [-0.1, -0.05) is 25.1 Å². The number of amides is 1. The van der Waals surface area contributed by atoms with Crippen LogP contribution in [0, 0.1) is 0 Å². The van der Waals surface area contributed by atoms with Gasteiger partial charge in [-0.2, -0.15) is 13.2 Å². The molecule has 0 spiro atoms. The smallest absolute Gasteiger partial charge is 0.416 e. The number of nitrogens with one attached hydrogen (secondary N) is 2. The van der Waals surface area contributed by atoms with Crippen LogP contribution in [0.2, 0.25) is 0 Å². The van der Waals surface area contributed by atoms with Gasteiger partial charge in [-0.15, -0.1) is 0 Å². The first kappa shape index (κ1) is 30.3. The summed E-state index contributed by atoms with van der Waals surface area (Å²) in [5.74, 6) is 0.558. The van der Waals surface area contributed by atoms with Crippen LogP contribution < -0.4 is 15.0 Å². The van der Waals surface area contributed by atoms with Crippen LogP contribution >= 0.6 is 0 Å². The van der Waals surface area contributed by atoms with Crippen molar-refractivity contribution in [3.05, 3.63) is 83.3 Å². The summed E-state index contributed by atoms with van der Waals surface area (Å²) in [5, 5.41) is 2.90. The van der Waals surface area contributed by atoms with Gasteiger partial charge in [0.15, 0.2) is 5.82 Å². The molecule has 43 heavy (non-hydrogen) atoms. The maximum atomic E-state index is 12.8. The van der Waals surface area contributed by atoms with Crippen molar-refractivity contribution in [2.75, 3.05) is 57.8 Å². The first-order valence-corrected chi connectivity index (χ1v) is 14.3. The van der Waals surface area contributed by atoms with Gasteiger partial charge in [-0.05, 0) is 48.0 Å². The molecule has 4 aromatic rings. The second kappa shape index (κ2) is 13.4. The molecule has 2 aromatic carbocycles. The van der Waals surface area contributed by atoms with Crippen molar-refractivity contribution in [3.8, 4) is 5.88 Å². The molecule has 3 heterocycles. The standard InChI is InChI=1S/C31H36F3N7O2/c1-3-39(20-22-4-7-24(8-5-22)31(32,33)34)13-12-35-30(42)29-37-26-10-9-25(18-27(26)38-29)41-16-14-40(15-17-41)21-23-6-11-28(43-2)36-19-23/h4-11,18-19H,3,12-17,20-21H2,1-2H3,(H,35,42)(H,37,38). The summed E-state index contributed by atoms with van der Waals surface area (Å²) in [7, 11) is 1.61. The molecule has 0 bridgehead atoms. The number of anilines is 1. The number of H-pyrrole nitrogens is 1. The van der Waals surface area contributed by atoms with Crippen LogP contribution in [0.5, 0.6) is 5.88 Å². The number of imidazole rings is 1. The highest BCUT2D eigenvalue weighted by Crippen LogP contribution is 2.29. The highest BCUT2D eigenvalue weighted by Gasteiger charge is 2.30. The van der Waals surface area contributed by atoms with E-state index in [9.17, 15) is 18.0 Å². The first-order valence-electron chi connectivity index (χ1n) is 14.3. The number of likely N-dealkylation sites (N-methyl/N-ethyl adjacent to an activating group) is 1. The number of hydrogen-bond acceptors (Lipinski definition) is 7. The van der Waals surface area contributed by atoms with Gasteiger partial charge < -0.3 is 19.9 Å². The summed E-state index contributed by atoms with van der Waals surface area (Å²) in [4.78, 5) is 31.5. The number of alkyl halides is 3. The zero-order chi connectivity index (χ0) is 30.4. The molecular formula is C31H36F3N7O2. The van der Waals surface area contributed by atoms with E-state index in [-0.39, 0.29) is 11.7 Å². The van der Waals surface area contributed by atoms with E-state index in [1.807, 2.05) is 43.5 Å². The number of rotatable bonds is 11. The van der Waals surface area contributed by atoms with E-state index in [2.05, 4.69) is 35.0 Å². The molecule has 1 fully saturated rings. The van der Waals surface area contributed by atoms with E-state index in [0.29, 0.717) is 32.1 Å². The minimum Gasteiger partial charge on any atom is -0.481 e. The number of ether oxygens (including phenoxy) is 1. The fraction of sp³-hybridized carbons (Fsp3) is 0.387. The number of methoxy groups -OCH3 is 1. The Bertz CT molecular complexity index is 1500. The number of carbonyl (C=O) groups excluding carboxylic acids is 1. The molecule has 5 rings (SSSR count). The molecule has 1 aliphatic heterocycles. The fourth-order valence-electron chi connectivity index (χ4n) is 5.17. The van der Waals surface area contributed by atoms with E-state index < -0.39 is 11.7 Å². The average Bonchev–Trinajstić information content (AvgIpc) is 3.45. The Morgan fingerprint density at radius 2 is 1.79 bits per heavy atom. The van der Waals surface area contributed by atoms with Crippen molar-refractivity contribution >= 4 is 22.6 Å². The second-order valence-corrected chi connectivity index (χ2v) is 10.6. The van der Waals surface area contributed by atoms with Crippen LogP contribution in [0.15, 0.2) is 60.8 Å². The van der Waals surface area contributed by atoms with E-state index in [0.717, 1.165) is 72.7 Å². The monoisotopic (exact) mass is 595 g/mol. The van der Waals surface area contributed by atoms with Crippen LogP contribution in [-0.2, 0) is 19.3 Å². The number of benzene rings is 2. The van der Waals surface area contributed by atoms with Gasteiger partial charge >= 0.3 is 6.18 Å². The Hall–Kier alpha value is -4.16. The van der Waals surface area contributed by atoms with Crippen molar-refractivity contribution in [3.63, 3.8) is 0 Å². The quantitative estimate of drug-likeness (QED) is 0.263. The maximum Gasteiger partial charge on any atom is 0.416 e. The largest absolute Gasteiger partial charge is 0.481 e. The summed E-state index contributed by atoms with van der Waals surface area (Å²) in [6, 6.07) is 15.1. The van der Waals surface area contributed by atoms with Crippen LogP contribution in [0.25, 0.3) is 11.0 Å². The number of fused-ring (bicyclic) bond motifs is 1. The van der Waals surface area contributed by atoms with E-state index >= 15 is 0 Å². The number of hydrogen-bond donors (Lipinski definition) is 2. The van der Waals surface area contributed by atoms with Crippen LogP contribution in [0.4, 0.5) is 18.9 Å². The number of carbonyl (C=O) groups is 1. The Morgan fingerprint density at radius 3 is 2.44 bits per heavy atom. The van der Waals surface area contributed by atoms with Gasteiger partial charge in [0.25, 0.3) is 5.91 Å². The zero-order valence-electron chi connectivity index (χ0n) is 24.3. The number of aromatic nitrogens is 3. The molecule has 0 unspecified atom stereocenters. The molecule has 9 nitrogen and oxygen atoms in total. The molecule has 2 aromatic heterocycles. The third-order valence-corrected chi connectivity index (χ3v) is 7.68. The second-order valence-electron chi connectivity index (χ2n) is 10.6.